The number of carbonyl (C=O) groups is 2. The molecule has 1 aromatic heterocycles. The lowest BCUT2D eigenvalue weighted by Gasteiger charge is -2.18. The van der Waals surface area contributed by atoms with Crippen molar-refractivity contribution in [2.24, 2.45) is 5.92 Å². The number of thiazole rings is 1. The summed E-state index contributed by atoms with van der Waals surface area (Å²) in [6.45, 7) is -1.57. The summed E-state index contributed by atoms with van der Waals surface area (Å²) in [5.74, 6) is -1.97. The molecule has 0 spiro atoms. The molecule has 1 aliphatic heterocycles. The van der Waals surface area contributed by atoms with Gasteiger partial charge in [-0.2, -0.15) is 13.2 Å². The molecular formula is C17H16F3N3O2S2. The molecule has 1 aliphatic rings. The zero-order chi connectivity index (χ0) is 19.6. The van der Waals surface area contributed by atoms with Crippen LogP contribution < -0.4 is 5.32 Å². The Bertz CT molecular complexity index is 837. The van der Waals surface area contributed by atoms with Gasteiger partial charge in [0.25, 0.3) is 0 Å². The molecule has 0 radical (unpaired) electrons. The summed E-state index contributed by atoms with van der Waals surface area (Å²) in [6.07, 6.45) is -2.72. The van der Waals surface area contributed by atoms with E-state index in [0.29, 0.717) is 15.7 Å². The Kier molecular flexibility index (Phi) is 5.75. The largest absolute Gasteiger partial charge is 0.406 e. The van der Waals surface area contributed by atoms with Crippen molar-refractivity contribution in [2.75, 3.05) is 24.7 Å². The lowest BCUT2D eigenvalue weighted by molar-refractivity contribution is -0.157. The van der Waals surface area contributed by atoms with Crippen LogP contribution in [0.5, 0.6) is 0 Å². The highest BCUT2D eigenvalue weighted by atomic mass is 32.2. The van der Waals surface area contributed by atoms with Crippen LogP contribution in [-0.2, 0) is 9.59 Å². The van der Waals surface area contributed by atoms with E-state index in [1.54, 1.807) is 17.1 Å². The van der Waals surface area contributed by atoms with Crippen LogP contribution in [0, 0.1) is 5.92 Å². The standard InChI is InChI=1S/C17H16F3N3O2S2/c1-26-12-4-2-10(3-5-12)13-8-27-16(21-13)22-15(25)11-6-14(24)23(7-11)9-17(18,19)20/h2-5,8,11H,6-7,9H2,1H3,(H,21,22,25). The number of thioether (sulfide) groups is 1. The van der Waals surface area contributed by atoms with Crippen molar-refractivity contribution < 1.29 is 22.8 Å². The zero-order valence-electron chi connectivity index (χ0n) is 14.2. The van der Waals surface area contributed by atoms with E-state index in [4.69, 9.17) is 0 Å². The van der Waals surface area contributed by atoms with Crippen LogP contribution >= 0.6 is 23.1 Å². The molecule has 1 aromatic carbocycles. The lowest BCUT2D eigenvalue weighted by Crippen LogP contribution is -2.36. The predicted molar refractivity (Wildman–Crippen MR) is 98.7 cm³/mol. The summed E-state index contributed by atoms with van der Waals surface area (Å²) in [7, 11) is 0. The number of benzene rings is 1. The second-order valence-electron chi connectivity index (χ2n) is 6.05. The summed E-state index contributed by atoms with van der Waals surface area (Å²) in [4.78, 5) is 30.1. The molecule has 1 saturated heterocycles. The molecule has 2 amide bonds. The lowest BCUT2D eigenvalue weighted by atomic mass is 10.1. The summed E-state index contributed by atoms with van der Waals surface area (Å²) < 4.78 is 37.4. The van der Waals surface area contributed by atoms with Gasteiger partial charge in [-0.05, 0) is 18.4 Å². The predicted octanol–water partition coefficient (Wildman–Crippen LogP) is 3.88. The average molecular weight is 415 g/mol. The van der Waals surface area contributed by atoms with E-state index in [0.717, 1.165) is 10.5 Å². The van der Waals surface area contributed by atoms with E-state index < -0.39 is 30.5 Å². The fraction of sp³-hybridized carbons (Fsp3) is 0.353. The third-order valence-electron chi connectivity index (χ3n) is 4.08. The third-order valence-corrected chi connectivity index (χ3v) is 5.58. The van der Waals surface area contributed by atoms with E-state index in [1.807, 2.05) is 30.5 Å². The number of carbonyl (C=O) groups excluding carboxylic acids is 2. The number of halogens is 3. The minimum absolute atomic E-state index is 0.226. The number of aromatic nitrogens is 1. The van der Waals surface area contributed by atoms with Gasteiger partial charge in [0, 0.05) is 28.8 Å². The maximum absolute atomic E-state index is 12.5. The second kappa shape index (κ2) is 7.89. The van der Waals surface area contributed by atoms with Crippen molar-refractivity contribution in [3.05, 3.63) is 29.6 Å². The maximum Gasteiger partial charge on any atom is 0.406 e. The SMILES string of the molecule is CSc1ccc(-c2csc(NC(=O)C3CC(=O)N(CC(F)(F)F)C3)n2)cc1. The maximum atomic E-state index is 12.5. The van der Waals surface area contributed by atoms with Crippen molar-refractivity contribution in [1.82, 2.24) is 9.88 Å². The van der Waals surface area contributed by atoms with Crippen molar-refractivity contribution in [3.8, 4) is 11.3 Å². The van der Waals surface area contributed by atoms with E-state index in [-0.39, 0.29) is 13.0 Å². The third kappa shape index (κ3) is 5.01. The van der Waals surface area contributed by atoms with Crippen molar-refractivity contribution in [1.29, 1.82) is 0 Å². The number of anilines is 1. The molecular weight excluding hydrogens is 399 g/mol. The number of hydrogen-bond donors (Lipinski definition) is 1. The Morgan fingerprint density at radius 2 is 2.07 bits per heavy atom. The molecule has 1 atom stereocenters. The number of alkyl halides is 3. The average Bonchev–Trinajstić information content (AvgIpc) is 3.21. The van der Waals surface area contributed by atoms with Gasteiger partial charge in [-0.15, -0.1) is 23.1 Å². The van der Waals surface area contributed by atoms with E-state index in [1.165, 1.54) is 11.3 Å². The fourth-order valence-corrected chi connectivity index (χ4v) is 3.88. The molecule has 2 aromatic rings. The number of amides is 2. The summed E-state index contributed by atoms with van der Waals surface area (Å²) in [5, 5.41) is 4.75. The first-order chi connectivity index (χ1) is 12.7. The number of likely N-dealkylation sites (tertiary alicyclic amines) is 1. The fourth-order valence-electron chi connectivity index (χ4n) is 2.75. The van der Waals surface area contributed by atoms with Gasteiger partial charge in [0.1, 0.15) is 6.54 Å². The molecule has 3 rings (SSSR count). The zero-order valence-corrected chi connectivity index (χ0v) is 15.9. The minimum Gasteiger partial charge on any atom is -0.333 e. The van der Waals surface area contributed by atoms with Gasteiger partial charge in [-0.25, -0.2) is 4.98 Å². The minimum atomic E-state index is -4.48. The van der Waals surface area contributed by atoms with Gasteiger partial charge < -0.3 is 10.2 Å². The van der Waals surface area contributed by atoms with Crippen molar-refractivity contribution in [2.45, 2.75) is 17.5 Å². The molecule has 0 bridgehead atoms. The first-order valence-corrected chi connectivity index (χ1v) is 10.1. The van der Waals surface area contributed by atoms with Gasteiger partial charge in [0.05, 0.1) is 11.6 Å². The molecule has 144 valence electrons. The number of nitrogens with zero attached hydrogens (tertiary/aromatic N) is 2. The Labute approximate surface area is 162 Å². The van der Waals surface area contributed by atoms with Crippen LogP contribution in [-0.4, -0.2) is 47.2 Å². The molecule has 1 fully saturated rings. The second-order valence-corrected chi connectivity index (χ2v) is 7.78. The number of hydrogen-bond acceptors (Lipinski definition) is 5. The van der Waals surface area contributed by atoms with Crippen molar-refractivity contribution in [3.63, 3.8) is 0 Å². The molecule has 5 nitrogen and oxygen atoms in total. The van der Waals surface area contributed by atoms with E-state index in [9.17, 15) is 22.8 Å². The molecule has 1 unspecified atom stereocenters. The summed E-state index contributed by atoms with van der Waals surface area (Å²) in [6, 6.07) is 7.79. The van der Waals surface area contributed by atoms with Gasteiger partial charge >= 0.3 is 6.18 Å². The van der Waals surface area contributed by atoms with Gasteiger partial charge in [-0.1, -0.05) is 12.1 Å². The Hall–Kier alpha value is -2.07. The van der Waals surface area contributed by atoms with Crippen LogP contribution in [0.3, 0.4) is 0 Å². The first kappa shape index (κ1) is 19.7. The summed E-state index contributed by atoms with van der Waals surface area (Å²) >= 11 is 2.85. The van der Waals surface area contributed by atoms with Crippen LogP contribution in [0.2, 0.25) is 0 Å². The number of nitrogens with one attached hydrogen (secondary N) is 1. The normalized spacial score (nSPS) is 17.4. The van der Waals surface area contributed by atoms with Crippen LogP contribution in [0.15, 0.2) is 34.5 Å². The highest BCUT2D eigenvalue weighted by molar-refractivity contribution is 7.98. The van der Waals surface area contributed by atoms with Crippen molar-refractivity contribution >= 4 is 40.0 Å². The Morgan fingerprint density at radius 1 is 1.37 bits per heavy atom. The monoisotopic (exact) mass is 415 g/mol. The topological polar surface area (TPSA) is 62.3 Å². The molecule has 27 heavy (non-hydrogen) atoms. The molecule has 2 heterocycles. The number of rotatable bonds is 5. The highest BCUT2D eigenvalue weighted by Crippen LogP contribution is 2.28. The van der Waals surface area contributed by atoms with Gasteiger partial charge in [-0.3, -0.25) is 9.59 Å². The van der Waals surface area contributed by atoms with Crippen LogP contribution in [0.1, 0.15) is 6.42 Å². The van der Waals surface area contributed by atoms with Crippen LogP contribution in [0.4, 0.5) is 18.3 Å². The molecule has 0 saturated carbocycles. The molecule has 10 heteroatoms. The van der Waals surface area contributed by atoms with E-state index >= 15 is 0 Å². The molecule has 0 aliphatic carbocycles. The Morgan fingerprint density at radius 3 is 2.70 bits per heavy atom. The van der Waals surface area contributed by atoms with E-state index in [2.05, 4.69) is 10.3 Å². The highest BCUT2D eigenvalue weighted by Gasteiger charge is 2.40. The van der Waals surface area contributed by atoms with Gasteiger partial charge in [0.2, 0.25) is 11.8 Å². The molecule has 1 N–H and O–H groups in total. The quantitative estimate of drug-likeness (QED) is 0.753. The first-order valence-electron chi connectivity index (χ1n) is 8.00. The van der Waals surface area contributed by atoms with Gasteiger partial charge in [0.15, 0.2) is 5.13 Å². The smallest absolute Gasteiger partial charge is 0.333 e. The summed E-state index contributed by atoms with van der Waals surface area (Å²) in [5.41, 5.74) is 1.60. The van der Waals surface area contributed by atoms with Crippen LogP contribution in [0.25, 0.3) is 11.3 Å². The Balaban J connectivity index is 1.62.